The molecule has 4 aromatic rings. The number of rotatable bonds is 7. The second kappa shape index (κ2) is 9.59. The quantitative estimate of drug-likeness (QED) is 0.328. The SMILES string of the molecule is CCOc1cc(C=C(C#N)c2nc3ccc(C)cc3[nH]2)ccc1OCc1ccc(Cl)cc1. The van der Waals surface area contributed by atoms with Crippen molar-refractivity contribution < 1.29 is 9.47 Å². The van der Waals surface area contributed by atoms with Crippen LogP contribution in [0.25, 0.3) is 22.7 Å². The van der Waals surface area contributed by atoms with Crippen molar-refractivity contribution in [2.45, 2.75) is 20.5 Å². The molecule has 0 aliphatic rings. The predicted octanol–water partition coefficient (Wildman–Crippen LogP) is 6.57. The Kier molecular flexibility index (Phi) is 6.44. The molecule has 6 heteroatoms. The zero-order chi connectivity index (χ0) is 22.5. The van der Waals surface area contributed by atoms with Gasteiger partial charge in [0.2, 0.25) is 0 Å². The van der Waals surface area contributed by atoms with E-state index >= 15 is 0 Å². The van der Waals surface area contributed by atoms with E-state index in [0.717, 1.165) is 27.7 Å². The number of hydrogen-bond donors (Lipinski definition) is 1. The molecule has 0 radical (unpaired) electrons. The average Bonchev–Trinajstić information content (AvgIpc) is 3.21. The molecule has 0 saturated heterocycles. The first-order valence-corrected chi connectivity index (χ1v) is 10.7. The number of aromatic nitrogens is 2. The highest BCUT2D eigenvalue weighted by atomic mass is 35.5. The summed E-state index contributed by atoms with van der Waals surface area (Å²) in [6.07, 6.45) is 1.79. The van der Waals surface area contributed by atoms with Crippen LogP contribution in [-0.4, -0.2) is 16.6 Å². The van der Waals surface area contributed by atoms with Gasteiger partial charge in [-0.15, -0.1) is 0 Å². The van der Waals surface area contributed by atoms with Crippen molar-refractivity contribution in [1.29, 1.82) is 5.26 Å². The zero-order valence-corrected chi connectivity index (χ0v) is 18.6. The molecule has 1 aromatic heterocycles. The Morgan fingerprint density at radius 2 is 1.88 bits per heavy atom. The molecule has 0 saturated carbocycles. The third-order valence-electron chi connectivity index (χ3n) is 4.90. The molecule has 0 aliphatic carbocycles. The molecular formula is C26H22ClN3O2. The van der Waals surface area contributed by atoms with E-state index in [1.54, 1.807) is 6.08 Å². The Bertz CT molecular complexity index is 1320. The van der Waals surface area contributed by atoms with Crippen molar-refractivity contribution in [2.75, 3.05) is 6.61 Å². The maximum atomic E-state index is 9.73. The maximum absolute atomic E-state index is 9.73. The van der Waals surface area contributed by atoms with E-state index in [4.69, 9.17) is 21.1 Å². The van der Waals surface area contributed by atoms with E-state index in [-0.39, 0.29) is 0 Å². The summed E-state index contributed by atoms with van der Waals surface area (Å²) in [5, 5.41) is 10.4. The molecule has 0 atom stereocenters. The highest BCUT2D eigenvalue weighted by molar-refractivity contribution is 6.30. The minimum absolute atomic E-state index is 0.397. The summed E-state index contributed by atoms with van der Waals surface area (Å²) < 4.78 is 11.8. The first-order chi connectivity index (χ1) is 15.6. The standard InChI is InChI=1S/C26H22ClN3O2/c1-3-31-25-14-19(7-11-24(25)32-16-18-5-8-21(27)9-6-18)13-20(15-28)26-29-22-10-4-17(2)12-23(22)30-26/h4-14H,3,16H2,1-2H3,(H,29,30). The van der Waals surface area contributed by atoms with Crippen molar-refractivity contribution in [3.63, 3.8) is 0 Å². The third-order valence-corrected chi connectivity index (χ3v) is 5.15. The summed E-state index contributed by atoms with van der Waals surface area (Å²) in [6.45, 7) is 4.84. The molecule has 1 N–H and O–H groups in total. The molecule has 4 rings (SSSR count). The number of benzene rings is 3. The van der Waals surface area contributed by atoms with Gasteiger partial charge in [0.25, 0.3) is 0 Å². The fraction of sp³-hybridized carbons (Fsp3) is 0.154. The number of hydrogen-bond acceptors (Lipinski definition) is 4. The molecule has 3 aromatic carbocycles. The molecule has 32 heavy (non-hydrogen) atoms. The molecule has 0 aliphatic heterocycles. The van der Waals surface area contributed by atoms with Crippen LogP contribution in [0.15, 0.2) is 60.7 Å². The van der Waals surface area contributed by atoms with Gasteiger partial charge in [0, 0.05) is 5.02 Å². The van der Waals surface area contributed by atoms with Crippen molar-refractivity contribution >= 4 is 34.3 Å². The Morgan fingerprint density at radius 3 is 2.62 bits per heavy atom. The van der Waals surface area contributed by atoms with Crippen LogP contribution in [0.1, 0.15) is 29.4 Å². The van der Waals surface area contributed by atoms with E-state index in [1.165, 1.54) is 0 Å². The maximum Gasteiger partial charge on any atom is 0.161 e. The van der Waals surface area contributed by atoms with Crippen LogP contribution in [0, 0.1) is 18.3 Å². The van der Waals surface area contributed by atoms with Crippen LogP contribution < -0.4 is 9.47 Å². The first kappa shape index (κ1) is 21.5. The van der Waals surface area contributed by atoms with Gasteiger partial charge in [-0.25, -0.2) is 4.98 Å². The third kappa shape index (κ3) is 4.93. The zero-order valence-electron chi connectivity index (χ0n) is 17.9. The number of ether oxygens (including phenoxy) is 2. The minimum atomic E-state index is 0.397. The monoisotopic (exact) mass is 443 g/mol. The van der Waals surface area contributed by atoms with Crippen LogP contribution in [0.3, 0.4) is 0 Å². The number of aromatic amines is 1. The lowest BCUT2D eigenvalue weighted by Gasteiger charge is -2.13. The molecular weight excluding hydrogens is 422 g/mol. The van der Waals surface area contributed by atoms with Crippen molar-refractivity contribution in [1.82, 2.24) is 9.97 Å². The summed E-state index contributed by atoms with van der Waals surface area (Å²) in [7, 11) is 0. The predicted molar refractivity (Wildman–Crippen MR) is 128 cm³/mol. The van der Waals surface area contributed by atoms with Gasteiger partial charge in [-0.1, -0.05) is 35.9 Å². The van der Waals surface area contributed by atoms with Gasteiger partial charge in [-0.2, -0.15) is 5.26 Å². The summed E-state index contributed by atoms with van der Waals surface area (Å²) in [5.41, 5.74) is 5.13. The molecule has 0 spiro atoms. The van der Waals surface area contributed by atoms with Crippen molar-refractivity contribution in [3.8, 4) is 17.6 Å². The summed E-state index contributed by atoms with van der Waals surface area (Å²) in [6, 6.07) is 21.3. The number of aryl methyl sites for hydroxylation is 1. The number of H-pyrrole nitrogens is 1. The van der Waals surface area contributed by atoms with Crippen molar-refractivity contribution in [2.24, 2.45) is 0 Å². The number of allylic oxidation sites excluding steroid dienone is 1. The Labute approximate surface area is 191 Å². The molecule has 0 fully saturated rings. The lowest BCUT2D eigenvalue weighted by atomic mass is 10.1. The highest BCUT2D eigenvalue weighted by Gasteiger charge is 2.11. The van der Waals surface area contributed by atoms with Crippen LogP contribution in [0.4, 0.5) is 0 Å². The normalized spacial score (nSPS) is 11.4. The van der Waals surface area contributed by atoms with E-state index in [9.17, 15) is 5.26 Å². The van der Waals surface area contributed by atoms with E-state index in [2.05, 4.69) is 16.0 Å². The molecule has 160 valence electrons. The Morgan fingerprint density at radius 1 is 1.06 bits per heavy atom. The van der Waals surface area contributed by atoms with Gasteiger partial charge < -0.3 is 14.5 Å². The number of imidazole rings is 1. The molecule has 1 heterocycles. The van der Waals surface area contributed by atoms with Gasteiger partial charge in [-0.05, 0) is 73.0 Å². The van der Waals surface area contributed by atoms with E-state index < -0.39 is 0 Å². The Hall–Kier alpha value is -3.75. The van der Waals surface area contributed by atoms with Gasteiger partial charge in [-0.3, -0.25) is 0 Å². The van der Waals surface area contributed by atoms with Crippen molar-refractivity contribution in [3.05, 3.63) is 88.2 Å². The highest BCUT2D eigenvalue weighted by Crippen LogP contribution is 2.31. The minimum Gasteiger partial charge on any atom is -0.490 e. The van der Waals surface area contributed by atoms with Gasteiger partial charge >= 0.3 is 0 Å². The van der Waals surface area contributed by atoms with Gasteiger partial charge in [0.1, 0.15) is 18.5 Å². The topological polar surface area (TPSA) is 70.9 Å². The smallest absolute Gasteiger partial charge is 0.161 e. The number of fused-ring (bicyclic) bond motifs is 1. The molecule has 0 bridgehead atoms. The first-order valence-electron chi connectivity index (χ1n) is 10.3. The fourth-order valence-corrected chi connectivity index (χ4v) is 3.44. The summed E-state index contributed by atoms with van der Waals surface area (Å²) in [5.74, 6) is 1.79. The fourth-order valence-electron chi connectivity index (χ4n) is 3.31. The summed E-state index contributed by atoms with van der Waals surface area (Å²) >= 11 is 5.94. The van der Waals surface area contributed by atoms with Gasteiger partial charge in [0.05, 0.1) is 23.2 Å². The molecule has 5 nitrogen and oxygen atoms in total. The number of nitriles is 1. The van der Waals surface area contributed by atoms with Crippen LogP contribution in [0.2, 0.25) is 5.02 Å². The second-order valence-electron chi connectivity index (χ2n) is 7.33. The van der Waals surface area contributed by atoms with Gasteiger partial charge in [0.15, 0.2) is 11.5 Å². The van der Waals surface area contributed by atoms with E-state index in [1.807, 2.05) is 74.5 Å². The average molecular weight is 444 g/mol. The summed E-state index contributed by atoms with van der Waals surface area (Å²) in [4.78, 5) is 7.79. The molecule has 0 amide bonds. The lowest BCUT2D eigenvalue weighted by molar-refractivity contribution is 0.269. The largest absolute Gasteiger partial charge is 0.490 e. The lowest BCUT2D eigenvalue weighted by Crippen LogP contribution is -2.00. The second-order valence-corrected chi connectivity index (χ2v) is 7.77. The number of nitrogens with zero attached hydrogens (tertiary/aromatic N) is 2. The van der Waals surface area contributed by atoms with Crippen LogP contribution >= 0.6 is 11.6 Å². The van der Waals surface area contributed by atoms with Crippen LogP contribution in [0.5, 0.6) is 11.5 Å². The Balaban J connectivity index is 1.60. The van der Waals surface area contributed by atoms with E-state index in [0.29, 0.717) is 41.1 Å². The number of halogens is 1. The molecule has 0 unspecified atom stereocenters. The van der Waals surface area contributed by atoms with Crippen LogP contribution in [-0.2, 0) is 6.61 Å². The number of nitrogens with one attached hydrogen (secondary N) is 1.